The molecule has 0 bridgehead atoms. The minimum atomic E-state index is -1.02. The average molecular weight is 604 g/mol. The van der Waals surface area contributed by atoms with Gasteiger partial charge in [-0.05, 0) is 35.1 Å². The van der Waals surface area contributed by atoms with Gasteiger partial charge in [0, 0.05) is 13.0 Å². The van der Waals surface area contributed by atoms with Crippen LogP contribution >= 0.6 is 0 Å². The second-order valence-corrected chi connectivity index (χ2v) is 11.4. The van der Waals surface area contributed by atoms with Crippen molar-refractivity contribution in [3.8, 4) is 0 Å². The van der Waals surface area contributed by atoms with Crippen molar-refractivity contribution < 1.29 is 14.4 Å². The molecule has 45 heavy (non-hydrogen) atoms. The molecule has 0 unspecified atom stereocenters. The SMILES string of the molecule is CCCCCCCC(=O)N[C@@H](CC(=O)NC(c1ccccc1)(c1ccccc1)c1ccccc1)C(=O)NCCc1ccccc1. The van der Waals surface area contributed by atoms with Crippen LogP contribution < -0.4 is 16.0 Å². The fraction of sp³-hybridized carbons (Fsp3) is 0.308. The molecule has 0 aliphatic rings. The summed E-state index contributed by atoms with van der Waals surface area (Å²) in [5, 5.41) is 9.15. The Hall–Kier alpha value is -4.71. The van der Waals surface area contributed by atoms with Gasteiger partial charge in [0.2, 0.25) is 17.7 Å². The summed E-state index contributed by atoms with van der Waals surface area (Å²) in [4.78, 5) is 40.5. The van der Waals surface area contributed by atoms with Gasteiger partial charge in [0.15, 0.2) is 0 Å². The first-order valence-corrected chi connectivity index (χ1v) is 16.1. The topological polar surface area (TPSA) is 87.3 Å². The fourth-order valence-corrected chi connectivity index (χ4v) is 5.69. The second-order valence-electron chi connectivity index (χ2n) is 11.4. The minimum absolute atomic E-state index is 0.201. The van der Waals surface area contributed by atoms with E-state index in [0.717, 1.165) is 54.4 Å². The molecule has 0 fully saturated rings. The van der Waals surface area contributed by atoms with Gasteiger partial charge in [0.05, 0.1) is 6.42 Å². The highest BCUT2D eigenvalue weighted by Gasteiger charge is 2.38. The number of benzene rings is 4. The molecule has 0 saturated carbocycles. The molecule has 3 N–H and O–H groups in total. The lowest BCUT2D eigenvalue weighted by atomic mass is 9.77. The van der Waals surface area contributed by atoms with E-state index in [-0.39, 0.29) is 24.1 Å². The van der Waals surface area contributed by atoms with Gasteiger partial charge in [-0.15, -0.1) is 0 Å². The maximum absolute atomic E-state index is 14.1. The smallest absolute Gasteiger partial charge is 0.243 e. The van der Waals surface area contributed by atoms with E-state index in [1.165, 1.54) is 0 Å². The van der Waals surface area contributed by atoms with E-state index in [2.05, 4.69) is 22.9 Å². The third-order valence-electron chi connectivity index (χ3n) is 8.05. The lowest BCUT2D eigenvalue weighted by molar-refractivity contribution is -0.132. The normalized spacial score (nSPS) is 11.8. The number of hydrogen-bond donors (Lipinski definition) is 3. The molecule has 1 atom stereocenters. The van der Waals surface area contributed by atoms with Crippen molar-refractivity contribution in [3.63, 3.8) is 0 Å². The molecule has 0 aliphatic heterocycles. The first-order chi connectivity index (χ1) is 22.0. The number of rotatable bonds is 17. The summed E-state index contributed by atoms with van der Waals surface area (Å²) in [6.45, 7) is 2.55. The van der Waals surface area contributed by atoms with E-state index in [1.54, 1.807) is 0 Å². The van der Waals surface area contributed by atoms with E-state index in [4.69, 9.17) is 0 Å². The molecule has 0 aromatic heterocycles. The predicted molar refractivity (Wildman–Crippen MR) is 180 cm³/mol. The third kappa shape index (κ3) is 9.64. The van der Waals surface area contributed by atoms with Crippen LogP contribution in [0.1, 0.15) is 74.1 Å². The lowest BCUT2D eigenvalue weighted by Crippen LogP contribution is -2.53. The van der Waals surface area contributed by atoms with Crippen LogP contribution in [-0.4, -0.2) is 30.3 Å². The summed E-state index contributed by atoms with van der Waals surface area (Å²) in [5.41, 5.74) is 2.74. The number of hydrogen-bond acceptors (Lipinski definition) is 3. The third-order valence-corrected chi connectivity index (χ3v) is 8.05. The zero-order chi connectivity index (χ0) is 31.7. The molecule has 0 aliphatic carbocycles. The molecule has 234 valence electrons. The number of unbranched alkanes of at least 4 members (excludes halogenated alkanes) is 4. The summed E-state index contributed by atoms with van der Waals surface area (Å²) in [5.74, 6) is -0.939. The first kappa shape index (κ1) is 33.2. The van der Waals surface area contributed by atoms with E-state index < -0.39 is 11.6 Å². The van der Waals surface area contributed by atoms with Gasteiger partial charge in [-0.1, -0.05) is 154 Å². The van der Waals surface area contributed by atoms with E-state index >= 15 is 0 Å². The highest BCUT2D eigenvalue weighted by atomic mass is 16.2. The molecule has 4 aromatic rings. The van der Waals surface area contributed by atoms with Gasteiger partial charge in [-0.3, -0.25) is 14.4 Å². The molecule has 3 amide bonds. The lowest BCUT2D eigenvalue weighted by Gasteiger charge is -2.37. The summed E-state index contributed by atoms with van der Waals surface area (Å²) < 4.78 is 0. The Morgan fingerprint density at radius 2 is 1.11 bits per heavy atom. The highest BCUT2D eigenvalue weighted by molar-refractivity contribution is 5.92. The average Bonchev–Trinajstić information content (AvgIpc) is 3.08. The molecule has 6 nitrogen and oxygen atoms in total. The molecule has 0 spiro atoms. The Kier molecular flexibility index (Phi) is 12.9. The molecule has 4 rings (SSSR count). The summed E-state index contributed by atoms with van der Waals surface area (Å²) in [6, 6.07) is 38.4. The molecule has 0 heterocycles. The standard InChI is InChI=1S/C39H45N3O3/c1-2-3-4-5-18-27-36(43)41-35(38(45)40-29-28-31-19-10-6-11-20-31)30-37(44)42-39(32-21-12-7-13-22-32,33-23-14-8-15-24-33)34-25-16-9-17-26-34/h6-17,19-26,35H,2-5,18,27-30H2,1H3,(H,40,45)(H,41,43)(H,42,44)/t35-/m0/s1. The highest BCUT2D eigenvalue weighted by Crippen LogP contribution is 2.36. The Labute approximate surface area is 267 Å². The van der Waals surface area contributed by atoms with Crippen LogP contribution in [0.25, 0.3) is 0 Å². The van der Waals surface area contributed by atoms with Crippen molar-refractivity contribution in [3.05, 3.63) is 144 Å². The fourth-order valence-electron chi connectivity index (χ4n) is 5.69. The number of nitrogens with one attached hydrogen (secondary N) is 3. The molecule has 0 radical (unpaired) electrons. The van der Waals surface area contributed by atoms with Gasteiger partial charge >= 0.3 is 0 Å². The van der Waals surface area contributed by atoms with Gasteiger partial charge in [-0.2, -0.15) is 0 Å². The maximum atomic E-state index is 14.1. The number of amides is 3. The van der Waals surface area contributed by atoms with Crippen LogP contribution in [0.2, 0.25) is 0 Å². The van der Waals surface area contributed by atoms with Gasteiger partial charge in [-0.25, -0.2) is 0 Å². The van der Waals surface area contributed by atoms with Crippen molar-refractivity contribution in [2.24, 2.45) is 0 Å². The Morgan fingerprint density at radius 3 is 1.62 bits per heavy atom. The van der Waals surface area contributed by atoms with Gasteiger partial charge in [0.1, 0.15) is 11.6 Å². The Bertz CT molecular complexity index is 1360. The van der Waals surface area contributed by atoms with Crippen molar-refractivity contribution in [2.75, 3.05) is 6.54 Å². The van der Waals surface area contributed by atoms with Crippen molar-refractivity contribution in [2.45, 2.75) is 69.9 Å². The zero-order valence-corrected chi connectivity index (χ0v) is 26.2. The summed E-state index contributed by atoms with van der Waals surface area (Å²) in [6.07, 6.45) is 5.83. The van der Waals surface area contributed by atoms with Gasteiger partial charge < -0.3 is 16.0 Å². The molecule has 6 heteroatoms. The first-order valence-electron chi connectivity index (χ1n) is 16.1. The van der Waals surface area contributed by atoms with E-state index in [0.29, 0.717) is 19.4 Å². The van der Waals surface area contributed by atoms with Crippen LogP contribution in [0, 0.1) is 0 Å². The summed E-state index contributed by atoms with van der Waals surface area (Å²) >= 11 is 0. The zero-order valence-electron chi connectivity index (χ0n) is 26.2. The summed E-state index contributed by atoms with van der Waals surface area (Å²) in [7, 11) is 0. The second kappa shape index (κ2) is 17.6. The molecular weight excluding hydrogens is 558 g/mol. The number of carbonyl (C=O) groups is 3. The van der Waals surface area contributed by atoms with Crippen molar-refractivity contribution >= 4 is 17.7 Å². The van der Waals surface area contributed by atoms with Crippen molar-refractivity contribution in [1.29, 1.82) is 0 Å². The van der Waals surface area contributed by atoms with E-state index in [1.807, 2.05) is 121 Å². The van der Waals surface area contributed by atoms with Crippen LogP contribution in [0.4, 0.5) is 0 Å². The largest absolute Gasteiger partial charge is 0.354 e. The molecular formula is C39H45N3O3. The molecule has 0 saturated heterocycles. The Balaban J connectivity index is 1.57. The quantitative estimate of drug-likeness (QED) is 0.0929. The monoisotopic (exact) mass is 603 g/mol. The van der Waals surface area contributed by atoms with Gasteiger partial charge in [0.25, 0.3) is 0 Å². The van der Waals surface area contributed by atoms with Crippen LogP contribution in [0.15, 0.2) is 121 Å². The van der Waals surface area contributed by atoms with Crippen LogP contribution in [-0.2, 0) is 26.3 Å². The van der Waals surface area contributed by atoms with E-state index in [9.17, 15) is 14.4 Å². The molecule has 4 aromatic carbocycles. The van der Waals surface area contributed by atoms with Crippen LogP contribution in [0.5, 0.6) is 0 Å². The Morgan fingerprint density at radius 1 is 0.622 bits per heavy atom. The minimum Gasteiger partial charge on any atom is -0.354 e. The predicted octanol–water partition coefficient (Wildman–Crippen LogP) is 6.69. The van der Waals surface area contributed by atoms with Crippen LogP contribution in [0.3, 0.4) is 0 Å². The number of carbonyl (C=O) groups excluding carboxylic acids is 3. The van der Waals surface area contributed by atoms with Crippen molar-refractivity contribution in [1.82, 2.24) is 16.0 Å². The maximum Gasteiger partial charge on any atom is 0.243 e.